The normalized spacial score (nSPS) is 15.2. The van der Waals surface area contributed by atoms with E-state index in [4.69, 9.17) is 11.6 Å². The summed E-state index contributed by atoms with van der Waals surface area (Å²) in [5, 5.41) is 2.67. The fraction of sp³-hybridized carbons (Fsp3) is 0.148. The van der Waals surface area contributed by atoms with Crippen LogP contribution >= 0.6 is 11.6 Å². The third-order valence-electron chi connectivity index (χ3n) is 5.56. The largest absolute Gasteiger partial charge is 0.335 e. The molecule has 6 heteroatoms. The summed E-state index contributed by atoms with van der Waals surface area (Å²) >= 11 is 6.16. The highest BCUT2D eigenvalue weighted by Crippen LogP contribution is 2.29. The topological polar surface area (TPSA) is 66.5 Å². The number of rotatable bonds is 4. The van der Waals surface area contributed by atoms with E-state index in [0.29, 0.717) is 21.8 Å². The first-order valence-electron chi connectivity index (χ1n) is 10.6. The number of barbiturate groups is 1. The molecule has 0 bridgehead atoms. The van der Waals surface area contributed by atoms with Crippen molar-refractivity contribution in [2.45, 2.75) is 27.2 Å². The highest BCUT2D eigenvalue weighted by molar-refractivity contribution is 6.39. The molecule has 0 aliphatic carbocycles. The van der Waals surface area contributed by atoms with Crippen LogP contribution in [0.2, 0.25) is 5.02 Å². The number of nitrogens with one attached hydrogen (secondary N) is 1. The molecular formula is C27H23ClN2O3. The van der Waals surface area contributed by atoms with E-state index in [-0.39, 0.29) is 5.57 Å². The highest BCUT2D eigenvalue weighted by atomic mass is 35.5. The molecule has 1 aliphatic rings. The Labute approximate surface area is 197 Å². The van der Waals surface area contributed by atoms with E-state index >= 15 is 0 Å². The predicted molar refractivity (Wildman–Crippen MR) is 130 cm³/mol. The van der Waals surface area contributed by atoms with E-state index in [1.54, 1.807) is 25.1 Å². The summed E-state index contributed by atoms with van der Waals surface area (Å²) in [7, 11) is 0. The first-order chi connectivity index (χ1) is 15.7. The van der Waals surface area contributed by atoms with Crippen molar-refractivity contribution in [3.63, 3.8) is 0 Å². The van der Waals surface area contributed by atoms with Gasteiger partial charge in [0.15, 0.2) is 0 Å². The number of benzene rings is 3. The van der Waals surface area contributed by atoms with Crippen LogP contribution in [0.1, 0.15) is 33.4 Å². The summed E-state index contributed by atoms with van der Waals surface area (Å²) in [6, 6.07) is 18.3. The quantitative estimate of drug-likeness (QED) is 0.413. The lowest BCUT2D eigenvalue weighted by atomic mass is 9.99. The molecule has 0 saturated carbocycles. The maximum atomic E-state index is 13.1. The molecule has 1 heterocycles. The van der Waals surface area contributed by atoms with Gasteiger partial charge in [-0.05, 0) is 67.7 Å². The maximum Gasteiger partial charge on any atom is 0.335 e. The van der Waals surface area contributed by atoms with Gasteiger partial charge in [0.25, 0.3) is 11.8 Å². The monoisotopic (exact) mass is 458 g/mol. The summed E-state index contributed by atoms with van der Waals surface area (Å²) in [5.74, 6) is -1.41. The molecule has 0 spiro atoms. The Balaban J connectivity index is 1.60. The number of imide groups is 2. The number of carbonyl (C=O) groups is 3. The maximum absolute atomic E-state index is 13.1. The molecule has 4 amide bonds. The van der Waals surface area contributed by atoms with Gasteiger partial charge in [0.05, 0.1) is 5.69 Å². The lowest BCUT2D eigenvalue weighted by Crippen LogP contribution is -2.54. The van der Waals surface area contributed by atoms with Gasteiger partial charge in [-0.25, -0.2) is 9.69 Å². The van der Waals surface area contributed by atoms with Crippen LogP contribution in [0.25, 0.3) is 6.08 Å². The summed E-state index contributed by atoms with van der Waals surface area (Å²) in [6.07, 6.45) is 2.28. The molecule has 33 heavy (non-hydrogen) atoms. The van der Waals surface area contributed by atoms with Gasteiger partial charge in [0.2, 0.25) is 0 Å². The van der Waals surface area contributed by atoms with Crippen LogP contribution < -0.4 is 10.2 Å². The van der Waals surface area contributed by atoms with Crippen molar-refractivity contribution in [2.75, 3.05) is 4.90 Å². The molecule has 4 rings (SSSR count). The minimum atomic E-state index is -0.795. The van der Waals surface area contributed by atoms with Crippen LogP contribution in [0, 0.1) is 20.8 Å². The number of anilines is 1. The van der Waals surface area contributed by atoms with Gasteiger partial charge in [-0.15, -0.1) is 0 Å². The van der Waals surface area contributed by atoms with Crippen molar-refractivity contribution in [1.82, 2.24) is 5.32 Å². The Bertz CT molecular complexity index is 1290. The number of aryl methyl sites for hydroxylation is 2. The molecule has 0 unspecified atom stereocenters. The summed E-state index contributed by atoms with van der Waals surface area (Å²) in [5.41, 5.74) is 6.29. The summed E-state index contributed by atoms with van der Waals surface area (Å²) < 4.78 is 0. The van der Waals surface area contributed by atoms with Gasteiger partial charge >= 0.3 is 6.03 Å². The fourth-order valence-corrected chi connectivity index (χ4v) is 4.19. The lowest BCUT2D eigenvalue weighted by Gasteiger charge is -2.27. The second-order valence-corrected chi connectivity index (χ2v) is 8.66. The molecular weight excluding hydrogens is 436 g/mol. The average molecular weight is 459 g/mol. The van der Waals surface area contributed by atoms with Crippen molar-refractivity contribution in [3.05, 3.63) is 105 Å². The van der Waals surface area contributed by atoms with Gasteiger partial charge in [-0.1, -0.05) is 71.3 Å². The van der Waals surface area contributed by atoms with E-state index in [0.717, 1.165) is 16.9 Å². The smallest absolute Gasteiger partial charge is 0.273 e. The predicted octanol–water partition coefficient (Wildman–Crippen LogP) is 5.52. The Morgan fingerprint density at radius 1 is 0.879 bits per heavy atom. The van der Waals surface area contributed by atoms with Crippen molar-refractivity contribution in [1.29, 1.82) is 0 Å². The molecule has 5 nitrogen and oxygen atoms in total. The van der Waals surface area contributed by atoms with Crippen molar-refractivity contribution >= 4 is 41.2 Å². The van der Waals surface area contributed by atoms with Gasteiger partial charge in [-0.3, -0.25) is 14.9 Å². The second-order valence-electron chi connectivity index (χ2n) is 8.26. The van der Waals surface area contributed by atoms with Gasteiger partial charge < -0.3 is 0 Å². The number of carbonyl (C=O) groups excluding carboxylic acids is 3. The second kappa shape index (κ2) is 9.04. The van der Waals surface area contributed by atoms with Gasteiger partial charge in [0, 0.05) is 5.02 Å². The van der Waals surface area contributed by atoms with E-state index in [2.05, 4.69) is 37.4 Å². The zero-order valence-corrected chi connectivity index (χ0v) is 19.4. The molecule has 166 valence electrons. The number of halogens is 1. The molecule has 1 N–H and O–H groups in total. The number of hydrogen-bond acceptors (Lipinski definition) is 3. The SMILES string of the molecule is Cc1cc(C)cc(Cc2ccc(/C=C3\C(=O)NC(=O)N(c4cccc(Cl)c4C)C3=O)cc2)c1. The summed E-state index contributed by atoms with van der Waals surface area (Å²) in [6.45, 7) is 5.88. The molecule has 0 aromatic heterocycles. The van der Waals surface area contributed by atoms with Gasteiger partial charge in [-0.2, -0.15) is 0 Å². The Kier molecular flexibility index (Phi) is 6.16. The van der Waals surface area contributed by atoms with E-state index in [1.165, 1.54) is 22.8 Å². The third-order valence-corrected chi connectivity index (χ3v) is 5.97. The van der Waals surface area contributed by atoms with Crippen molar-refractivity contribution in [3.8, 4) is 0 Å². The molecule has 1 aliphatic heterocycles. The Hall–Kier alpha value is -3.70. The van der Waals surface area contributed by atoms with Crippen LogP contribution in [0.15, 0.2) is 66.2 Å². The van der Waals surface area contributed by atoms with Crippen LogP contribution in [0.4, 0.5) is 10.5 Å². The van der Waals surface area contributed by atoms with E-state index < -0.39 is 17.8 Å². The van der Waals surface area contributed by atoms with Crippen LogP contribution in [0.3, 0.4) is 0 Å². The lowest BCUT2D eigenvalue weighted by molar-refractivity contribution is -0.122. The van der Waals surface area contributed by atoms with Crippen LogP contribution in [0.5, 0.6) is 0 Å². The molecule has 3 aromatic rings. The first kappa shape index (κ1) is 22.5. The number of amides is 4. The highest BCUT2D eigenvalue weighted by Gasteiger charge is 2.37. The molecule has 0 atom stereocenters. The van der Waals surface area contributed by atoms with Crippen molar-refractivity contribution < 1.29 is 14.4 Å². The zero-order chi connectivity index (χ0) is 23.7. The number of nitrogens with zero attached hydrogens (tertiary/aromatic N) is 1. The Morgan fingerprint density at radius 3 is 2.21 bits per heavy atom. The number of urea groups is 1. The molecule has 3 aromatic carbocycles. The Morgan fingerprint density at radius 2 is 1.55 bits per heavy atom. The van der Waals surface area contributed by atoms with Crippen LogP contribution in [-0.4, -0.2) is 17.8 Å². The minimum Gasteiger partial charge on any atom is -0.273 e. The van der Waals surface area contributed by atoms with Gasteiger partial charge in [0.1, 0.15) is 5.57 Å². The summed E-state index contributed by atoms with van der Waals surface area (Å²) in [4.78, 5) is 39.0. The zero-order valence-electron chi connectivity index (χ0n) is 18.6. The standard InChI is InChI=1S/C27H23ClN2O3/c1-16-11-17(2)13-21(12-16)14-19-7-9-20(10-8-19)15-22-25(31)29-27(33)30(26(22)32)24-6-4-5-23(28)18(24)3/h4-13,15H,14H2,1-3H3,(H,29,31,33)/b22-15+. The average Bonchev–Trinajstić information content (AvgIpc) is 2.74. The first-order valence-corrected chi connectivity index (χ1v) is 10.9. The molecule has 1 saturated heterocycles. The van der Waals surface area contributed by atoms with Crippen molar-refractivity contribution in [2.24, 2.45) is 0 Å². The van der Waals surface area contributed by atoms with E-state index in [1.807, 2.05) is 24.3 Å². The minimum absolute atomic E-state index is 0.115. The molecule has 0 radical (unpaired) electrons. The third kappa shape index (κ3) is 4.73. The van der Waals surface area contributed by atoms with E-state index in [9.17, 15) is 14.4 Å². The van der Waals surface area contributed by atoms with Crippen LogP contribution in [-0.2, 0) is 16.0 Å². The fourth-order valence-electron chi connectivity index (χ4n) is 4.02. The number of hydrogen-bond donors (Lipinski definition) is 1. The molecule has 1 fully saturated rings.